The molecule has 1 aliphatic heterocycles. The van der Waals surface area contributed by atoms with Gasteiger partial charge in [-0.3, -0.25) is 9.89 Å². The maximum atomic E-state index is 13.3. The summed E-state index contributed by atoms with van der Waals surface area (Å²) in [5.74, 6) is 1.98. The molecule has 3 aromatic heterocycles. The number of nitrogens with one attached hydrogen (secondary N) is 2. The van der Waals surface area contributed by atoms with E-state index < -0.39 is 0 Å². The Morgan fingerprint density at radius 3 is 2.97 bits per heavy atom. The van der Waals surface area contributed by atoms with Crippen LogP contribution in [-0.2, 0) is 17.6 Å². The monoisotopic (exact) mass is 502 g/mol. The number of likely N-dealkylation sites (tertiary alicyclic amines) is 1. The van der Waals surface area contributed by atoms with Crippen LogP contribution in [0.3, 0.4) is 0 Å². The van der Waals surface area contributed by atoms with E-state index in [0.29, 0.717) is 11.3 Å². The quantitative estimate of drug-likeness (QED) is 0.389. The number of hydrogen-bond acceptors (Lipinski definition) is 7. The molecule has 0 radical (unpaired) electrons. The molecule has 36 heavy (non-hydrogen) atoms. The number of aromatic nitrogens is 4. The van der Waals surface area contributed by atoms with Gasteiger partial charge in [0.05, 0.1) is 28.9 Å². The molecular formula is C27H30N6O2S. The molecule has 3 aliphatic rings. The molecule has 1 spiro atoms. The van der Waals surface area contributed by atoms with Crippen molar-refractivity contribution in [3.05, 3.63) is 35.1 Å². The largest absolute Gasteiger partial charge is 0.489 e. The van der Waals surface area contributed by atoms with Crippen LogP contribution in [0, 0.1) is 11.3 Å². The zero-order chi connectivity index (χ0) is 24.4. The Hall–Kier alpha value is -3.20. The van der Waals surface area contributed by atoms with Gasteiger partial charge in [0.1, 0.15) is 22.7 Å². The highest BCUT2D eigenvalue weighted by Crippen LogP contribution is 2.53. The smallest absolute Gasteiger partial charge is 0.226 e. The zero-order valence-electron chi connectivity index (χ0n) is 20.6. The molecule has 8 nitrogen and oxygen atoms in total. The van der Waals surface area contributed by atoms with Crippen LogP contribution in [-0.4, -0.2) is 50.2 Å². The van der Waals surface area contributed by atoms with Crippen LogP contribution >= 0.6 is 11.3 Å². The van der Waals surface area contributed by atoms with Crippen molar-refractivity contribution < 1.29 is 9.53 Å². The van der Waals surface area contributed by atoms with Crippen molar-refractivity contribution in [3.8, 4) is 5.75 Å². The summed E-state index contributed by atoms with van der Waals surface area (Å²) in [6.07, 6.45) is 9.82. The predicted octanol–water partition coefficient (Wildman–Crippen LogP) is 5.22. The number of rotatable bonds is 5. The molecule has 1 atom stereocenters. The van der Waals surface area contributed by atoms with Crippen LogP contribution in [0.15, 0.2) is 24.7 Å². The van der Waals surface area contributed by atoms with Crippen molar-refractivity contribution in [2.45, 2.75) is 58.5 Å². The first-order chi connectivity index (χ1) is 17.5. The average Bonchev–Trinajstić information content (AvgIpc) is 3.18. The average molecular weight is 503 g/mol. The van der Waals surface area contributed by atoms with Gasteiger partial charge in [-0.25, -0.2) is 9.97 Å². The first-order valence-corrected chi connectivity index (χ1v) is 13.7. The van der Waals surface area contributed by atoms with Crippen molar-refractivity contribution in [2.24, 2.45) is 11.3 Å². The van der Waals surface area contributed by atoms with Crippen molar-refractivity contribution in [2.75, 3.05) is 18.4 Å². The maximum Gasteiger partial charge on any atom is 0.226 e. The number of thiophene rings is 1. The van der Waals surface area contributed by atoms with E-state index >= 15 is 0 Å². The summed E-state index contributed by atoms with van der Waals surface area (Å²) in [6, 6.07) is 4.02. The van der Waals surface area contributed by atoms with Gasteiger partial charge in [0, 0.05) is 35.3 Å². The number of nitrogens with zero attached hydrogens (tertiary/aromatic N) is 4. The topological polar surface area (TPSA) is 96.0 Å². The van der Waals surface area contributed by atoms with Crippen molar-refractivity contribution in [3.63, 3.8) is 0 Å². The minimum atomic E-state index is 0.0325. The number of H-pyrrole nitrogens is 1. The standard InChI is InChI=1S/C27H30N6O2S/c1-15(2)35-21-11-19-17(12-30-32-19)9-20(21)31-24-23-18-4-3-16(10-22(18)36-25(23)29-14-28-24)26(34)33-8-7-27(13-33)5-6-27/h9,11-12,14-16H,3-8,10,13H2,1-2H3,(H,30,32)(H,28,29,31)/t16-/m0/s1. The van der Waals surface area contributed by atoms with Crippen LogP contribution in [0.5, 0.6) is 5.75 Å². The molecule has 1 saturated carbocycles. The first kappa shape index (κ1) is 22.0. The van der Waals surface area contributed by atoms with E-state index in [-0.39, 0.29) is 12.0 Å². The first-order valence-electron chi connectivity index (χ1n) is 12.9. The van der Waals surface area contributed by atoms with Gasteiger partial charge in [-0.15, -0.1) is 11.3 Å². The fraction of sp³-hybridized carbons (Fsp3) is 0.481. The van der Waals surface area contributed by atoms with Gasteiger partial charge in [0.2, 0.25) is 5.91 Å². The van der Waals surface area contributed by atoms with Crippen molar-refractivity contribution in [1.82, 2.24) is 25.1 Å². The third-order valence-electron chi connectivity index (χ3n) is 8.06. The lowest BCUT2D eigenvalue weighted by Gasteiger charge is -2.26. The second-order valence-electron chi connectivity index (χ2n) is 11.0. The summed E-state index contributed by atoms with van der Waals surface area (Å²) < 4.78 is 6.12. The maximum absolute atomic E-state index is 13.3. The van der Waals surface area contributed by atoms with Crippen molar-refractivity contribution in [1.29, 1.82) is 0 Å². The fourth-order valence-corrected chi connectivity index (χ4v) is 7.20. The summed E-state index contributed by atoms with van der Waals surface area (Å²) in [5.41, 5.74) is 3.54. The van der Waals surface area contributed by atoms with E-state index in [1.807, 2.05) is 32.2 Å². The Morgan fingerprint density at radius 2 is 2.17 bits per heavy atom. The molecule has 0 bridgehead atoms. The molecule has 1 aromatic carbocycles. The van der Waals surface area contributed by atoms with Crippen LogP contribution in [0.1, 0.15) is 50.0 Å². The number of fused-ring (bicyclic) bond motifs is 4. The van der Waals surface area contributed by atoms with E-state index in [1.165, 1.54) is 29.7 Å². The number of amides is 1. The molecule has 2 aliphatic carbocycles. The fourth-order valence-electron chi connectivity index (χ4n) is 5.93. The number of carbonyl (C=O) groups excluding carboxylic acids is 1. The second kappa shape index (κ2) is 8.16. The summed E-state index contributed by atoms with van der Waals surface area (Å²) >= 11 is 1.71. The molecule has 2 N–H and O–H groups in total. The normalized spacial score (nSPS) is 20.4. The van der Waals surface area contributed by atoms with Gasteiger partial charge in [0.15, 0.2) is 0 Å². The number of aryl methyl sites for hydroxylation is 1. The van der Waals surface area contributed by atoms with E-state index in [0.717, 1.165) is 70.7 Å². The lowest BCUT2D eigenvalue weighted by molar-refractivity contribution is -0.135. The Labute approximate surface area is 213 Å². The van der Waals surface area contributed by atoms with Crippen LogP contribution in [0.4, 0.5) is 11.5 Å². The number of hydrogen-bond donors (Lipinski definition) is 2. The molecule has 1 saturated heterocycles. The highest BCUT2D eigenvalue weighted by atomic mass is 32.1. The van der Waals surface area contributed by atoms with Gasteiger partial charge >= 0.3 is 0 Å². The predicted molar refractivity (Wildman–Crippen MR) is 141 cm³/mol. The second-order valence-corrected chi connectivity index (χ2v) is 12.0. The highest BCUT2D eigenvalue weighted by Gasteiger charge is 2.49. The molecular weight excluding hydrogens is 472 g/mol. The Morgan fingerprint density at radius 1 is 1.28 bits per heavy atom. The minimum Gasteiger partial charge on any atom is -0.489 e. The van der Waals surface area contributed by atoms with Crippen LogP contribution < -0.4 is 10.1 Å². The number of benzene rings is 1. The van der Waals surface area contributed by atoms with Gasteiger partial charge < -0.3 is 15.0 Å². The SMILES string of the molecule is CC(C)Oc1cc2[nH]ncc2cc1Nc1ncnc2sc3c(c12)CC[C@H](C(=O)N1CCC2(CC2)C1)C3. The Bertz CT molecular complexity index is 1490. The van der Waals surface area contributed by atoms with Gasteiger partial charge in [-0.05, 0) is 69.4 Å². The Kier molecular flexibility index (Phi) is 4.99. The van der Waals surface area contributed by atoms with E-state index in [9.17, 15) is 4.79 Å². The molecule has 186 valence electrons. The number of anilines is 2. The van der Waals surface area contributed by atoms with E-state index in [2.05, 4.69) is 30.4 Å². The van der Waals surface area contributed by atoms with Gasteiger partial charge in [0.25, 0.3) is 0 Å². The minimum absolute atomic E-state index is 0.0325. The lowest BCUT2D eigenvalue weighted by Crippen LogP contribution is -2.36. The lowest BCUT2D eigenvalue weighted by atomic mass is 9.87. The third kappa shape index (κ3) is 3.72. The van der Waals surface area contributed by atoms with Crippen molar-refractivity contribution >= 4 is 49.9 Å². The Balaban J connectivity index is 1.19. The third-order valence-corrected chi connectivity index (χ3v) is 9.22. The molecule has 9 heteroatoms. The zero-order valence-corrected chi connectivity index (χ0v) is 21.5. The summed E-state index contributed by atoms with van der Waals surface area (Å²) in [4.78, 5) is 27.0. The molecule has 4 heterocycles. The van der Waals surface area contributed by atoms with Gasteiger partial charge in [-0.1, -0.05) is 0 Å². The number of ether oxygens (including phenoxy) is 1. The van der Waals surface area contributed by atoms with Gasteiger partial charge in [-0.2, -0.15) is 5.10 Å². The van der Waals surface area contributed by atoms with E-state index in [1.54, 1.807) is 17.7 Å². The number of aromatic amines is 1. The highest BCUT2D eigenvalue weighted by molar-refractivity contribution is 7.19. The van der Waals surface area contributed by atoms with E-state index in [4.69, 9.17) is 4.74 Å². The molecule has 4 aromatic rings. The molecule has 1 amide bonds. The molecule has 2 fully saturated rings. The molecule has 0 unspecified atom stereocenters. The summed E-state index contributed by atoms with van der Waals surface area (Å²) in [5, 5.41) is 12.8. The summed E-state index contributed by atoms with van der Waals surface area (Å²) in [6.45, 7) is 5.95. The summed E-state index contributed by atoms with van der Waals surface area (Å²) in [7, 11) is 0. The number of carbonyl (C=O) groups is 1. The van der Waals surface area contributed by atoms with Crippen LogP contribution in [0.2, 0.25) is 0 Å². The molecule has 7 rings (SSSR count). The van der Waals surface area contributed by atoms with Crippen LogP contribution in [0.25, 0.3) is 21.1 Å².